The molecule has 190 valence electrons. The number of pyridine rings is 1. The van der Waals surface area contributed by atoms with E-state index in [2.05, 4.69) is 5.10 Å². The Morgan fingerprint density at radius 1 is 1.03 bits per heavy atom. The second-order valence-corrected chi connectivity index (χ2v) is 9.33. The smallest absolute Gasteiger partial charge is 0.254 e. The van der Waals surface area contributed by atoms with E-state index in [1.165, 1.54) is 11.8 Å². The van der Waals surface area contributed by atoms with E-state index in [9.17, 15) is 14.4 Å². The number of aromatic nitrogens is 3. The number of fused-ring (bicyclic) bond motifs is 2. The molecule has 2 amide bonds. The lowest BCUT2D eigenvalue weighted by atomic mass is 9.95. The van der Waals surface area contributed by atoms with Gasteiger partial charge in [-0.2, -0.15) is 5.10 Å². The summed E-state index contributed by atoms with van der Waals surface area (Å²) < 4.78 is 7.12. The molecule has 0 atom stereocenters. The number of hydrogen-bond donors (Lipinski definition) is 0. The van der Waals surface area contributed by atoms with Crippen molar-refractivity contribution in [2.45, 2.75) is 6.92 Å². The number of aryl methyl sites for hydroxylation is 1. The maximum Gasteiger partial charge on any atom is 0.254 e. The number of rotatable bonds is 3. The van der Waals surface area contributed by atoms with Crippen LogP contribution >= 0.6 is 0 Å². The Labute approximate surface area is 218 Å². The van der Waals surface area contributed by atoms with Crippen LogP contribution in [0.3, 0.4) is 0 Å². The van der Waals surface area contributed by atoms with Gasteiger partial charge < -0.3 is 9.64 Å². The third-order valence-electron chi connectivity index (χ3n) is 6.88. The molecule has 6 rings (SSSR count). The number of ether oxygens (including phenoxy) is 1. The quantitative estimate of drug-likeness (QED) is 0.392. The zero-order chi connectivity index (χ0) is 26.4. The van der Waals surface area contributed by atoms with E-state index in [0.29, 0.717) is 54.3 Å². The van der Waals surface area contributed by atoms with Crippen LogP contribution < -0.4 is 4.90 Å². The number of hydrogen-bond acceptors (Lipinski definition) is 6. The minimum absolute atomic E-state index is 0.0633. The highest BCUT2D eigenvalue weighted by Crippen LogP contribution is 2.36. The van der Waals surface area contributed by atoms with Crippen molar-refractivity contribution in [1.82, 2.24) is 19.7 Å². The van der Waals surface area contributed by atoms with Crippen molar-refractivity contribution in [3.8, 4) is 11.1 Å². The molecule has 0 unspecified atom stereocenters. The van der Waals surface area contributed by atoms with Crippen LogP contribution in [0, 0.1) is 0 Å². The number of Topliss-reactive ketones (excluding diaryl/α,β-unsaturated/α-hetero) is 1. The van der Waals surface area contributed by atoms with Gasteiger partial charge >= 0.3 is 0 Å². The highest BCUT2D eigenvalue weighted by atomic mass is 16.5. The van der Waals surface area contributed by atoms with Gasteiger partial charge in [-0.15, -0.1) is 0 Å². The number of amides is 2. The molecule has 0 spiro atoms. The van der Waals surface area contributed by atoms with Crippen LogP contribution in [0.4, 0.5) is 5.69 Å². The largest absolute Gasteiger partial charge is 0.378 e. The Bertz CT molecular complexity index is 1650. The number of para-hydroxylation sites is 1. The molecule has 1 fully saturated rings. The third-order valence-corrected chi connectivity index (χ3v) is 6.88. The lowest BCUT2D eigenvalue weighted by Gasteiger charge is -2.27. The molecule has 0 bridgehead atoms. The van der Waals surface area contributed by atoms with Crippen molar-refractivity contribution in [1.29, 1.82) is 0 Å². The number of carbonyl (C=O) groups is 3. The van der Waals surface area contributed by atoms with Crippen LogP contribution in [-0.2, 0) is 16.6 Å². The van der Waals surface area contributed by atoms with Gasteiger partial charge in [0.2, 0.25) is 11.7 Å². The summed E-state index contributed by atoms with van der Waals surface area (Å²) in [6.07, 6.45) is 5.25. The zero-order valence-electron chi connectivity index (χ0n) is 21.0. The fourth-order valence-electron chi connectivity index (χ4n) is 5.12. The fourth-order valence-corrected chi connectivity index (χ4v) is 5.12. The van der Waals surface area contributed by atoms with Gasteiger partial charge in [0.05, 0.1) is 42.0 Å². The van der Waals surface area contributed by atoms with Crippen molar-refractivity contribution in [3.05, 3.63) is 83.4 Å². The molecule has 0 saturated carbocycles. The van der Waals surface area contributed by atoms with Gasteiger partial charge in [0, 0.05) is 60.9 Å². The molecule has 0 radical (unpaired) electrons. The van der Waals surface area contributed by atoms with Crippen LogP contribution in [0.5, 0.6) is 0 Å². The number of benzene rings is 2. The molecule has 4 heterocycles. The molecular weight excluding hydrogens is 482 g/mol. The first-order chi connectivity index (χ1) is 18.4. The highest BCUT2D eigenvalue weighted by Gasteiger charge is 2.34. The Balaban J connectivity index is 1.46. The second-order valence-electron chi connectivity index (χ2n) is 9.33. The van der Waals surface area contributed by atoms with Gasteiger partial charge in [-0.3, -0.25) is 24.0 Å². The SMILES string of the molecule is CC(=O)N1/C(=C\c2ccc3c(-c4cnn(C)c4)c(C(=O)N4CCOCC4)ccc3n2)C(=O)c2ccccc21. The van der Waals surface area contributed by atoms with Crippen molar-refractivity contribution in [3.63, 3.8) is 0 Å². The lowest BCUT2D eigenvalue weighted by molar-refractivity contribution is -0.116. The van der Waals surface area contributed by atoms with E-state index < -0.39 is 0 Å². The number of morpholine rings is 1. The van der Waals surface area contributed by atoms with Crippen LogP contribution in [0.25, 0.3) is 28.1 Å². The van der Waals surface area contributed by atoms with Crippen molar-refractivity contribution >= 4 is 40.3 Å². The number of carbonyl (C=O) groups excluding carboxylic acids is 3. The molecule has 2 aromatic heterocycles. The summed E-state index contributed by atoms with van der Waals surface area (Å²) in [5.41, 5.74) is 4.65. The molecule has 0 aliphatic carbocycles. The summed E-state index contributed by atoms with van der Waals surface area (Å²) in [6.45, 7) is 3.54. The summed E-state index contributed by atoms with van der Waals surface area (Å²) >= 11 is 0. The van der Waals surface area contributed by atoms with Crippen molar-refractivity contribution in [2.75, 3.05) is 31.2 Å². The molecule has 2 aromatic carbocycles. The predicted molar refractivity (Wildman–Crippen MR) is 143 cm³/mol. The van der Waals surface area contributed by atoms with Gasteiger partial charge in [0.15, 0.2) is 0 Å². The Morgan fingerprint density at radius 3 is 2.55 bits per heavy atom. The van der Waals surface area contributed by atoms with Crippen LogP contribution in [0.1, 0.15) is 33.3 Å². The molecular formula is C29H25N5O4. The van der Waals surface area contributed by atoms with Crippen molar-refractivity contribution in [2.24, 2.45) is 7.05 Å². The normalized spacial score (nSPS) is 16.4. The van der Waals surface area contributed by atoms with Gasteiger partial charge in [-0.25, -0.2) is 4.98 Å². The summed E-state index contributed by atoms with van der Waals surface area (Å²) in [5.74, 6) is -0.535. The highest BCUT2D eigenvalue weighted by molar-refractivity contribution is 6.26. The van der Waals surface area contributed by atoms with E-state index in [-0.39, 0.29) is 23.3 Å². The average Bonchev–Trinajstić information content (AvgIpc) is 3.48. The number of nitrogens with zero attached hydrogens (tertiary/aromatic N) is 5. The molecule has 9 nitrogen and oxygen atoms in total. The number of anilines is 1. The first-order valence-corrected chi connectivity index (χ1v) is 12.4. The molecule has 38 heavy (non-hydrogen) atoms. The predicted octanol–water partition coefficient (Wildman–Crippen LogP) is 3.70. The summed E-state index contributed by atoms with van der Waals surface area (Å²) in [6, 6.07) is 14.4. The molecule has 2 aliphatic heterocycles. The minimum atomic E-state index is -0.250. The first-order valence-electron chi connectivity index (χ1n) is 12.4. The van der Waals surface area contributed by atoms with Crippen LogP contribution in [0.15, 0.2) is 66.6 Å². The summed E-state index contributed by atoms with van der Waals surface area (Å²) in [4.78, 5) is 47.2. The third kappa shape index (κ3) is 3.97. The van der Waals surface area contributed by atoms with Gasteiger partial charge in [-0.1, -0.05) is 18.2 Å². The monoisotopic (exact) mass is 507 g/mol. The topological polar surface area (TPSA) is 97.6 Å². The fraction of sp³-hybridized carbons (Fsp3) is 0.207. The Kier molecular flexibility index (Phi) is 5.84. The molecule has 4 aromatic rings. The summed E-state index contributed by atoms with van der Waals surface area (Å²) in [5, 5.41) is 5.11. The summed E-state index contributed by atoms with van der Waals surface area (Å²) in [7, 11) is 1.83. The lowest BCUT2D eigenvalue weighted by Crippen LogP contribution is -2.40. The van der Waals surface area contributed by atoms with E-state index in [4.69, 9.17) is 9.72 Å². The van der Waals surface area contributed by atoms with E-state index in [1.54, 1.807) is 58.3 Å². The minimum Gasteiger partial charge on any atom is -0.378 e. The second kappa shape index (κ2) is 9.35. The first kappa shape index (κ1) is 23.7. The molecule has 2 aliphatic rings. The van der Waals surface area contributed by atoms with E-state index >= 15 is 0 Å². The zero-order valence-corrected chi connectivity index (χ0v) is 21.0. The average molecular weight is 508 g/mol. The maximum atomic E-state index is 13.5. The molecule has 0 N–H and O–H groups in total. The maximum absolute atomic E-state index is 13.5. The van der Waals surface area contributed by atoms with Gasteiger partial charge in [0.1, 0.15) is 0 Å². The van der Waals surface area contributed by atoms with Gasteiger partial charge in [0.25, 0.3) is 5.91 Å². The standard InChI is InChI=1S/C29H25N5O4/c1-18(35)34-25-6-4-3-5-22(25)28(36)26(34)15-20-7-8-21-24(31-20)10-9-23(27(21)19-16-30-32(2)17-19)29(37)33-11-13-38-14-12-33/h3-10,15-17H,11-14H2,1-2H3/b26-15-. The number of ketones is 1. The van der Waals surface area contributed by atoms with Crippen LogP contribution in [-0.4, -0.2) is 63.6 Å². The van der Waals surface area contributed by atoms with Crippen LogP contribution in [0.2, 0.25) is 0 Å². The Morgan fingerprint density at radius 2 is 1.82 bits per heavy atom. The molecule has 1 saturated heterocycles. The van der Waals surface area contributed by atoms with E-state index in [1.807, 2.05) is 25.4 Å². The molecule has 9 heteroatoms. The number of allylic oxidation sites excluding steroid dienone is 1. The van der Waals surface area contributed by atoms with Crippen molar-refractivity contribution < 1.29 is 19.1 Å². The Hall–Kier alpha value is -4.63. The van der Waals surface area contributed by atoms with E-state index in [0.717, 1.165) is 16.5 Å². The van der Waals surface area contributed by atoms with Gasteiger partial charge in [-0.05, 0) is 36.4 Å².